The first-order valence-corrected chi connectivity index (χ1v) is 29.8. The second-order valence-electron chi connectivity index (χ2n) is 23.8. The van der Waals surface area contributed by atoms with Gasteiger partial charge in [-0.3, -0.25) is 0 Å². The lowest BCUT2D eigenvalue weighted by molar-refractivity contribution is 0.659. The molecule has 0 aliphatic heterocycles. The van der Waals surface area contributed by atoms with Crippen LogP contribution >= 0.6 is 0 Å². The minimum Gasteiger partial charge on any atom is -0.454 e. The molecule has 0 atom stereocenters. The molecule has 3 aliphatic carbocycles. The Labute approximate surface area is 498 Å². The maximum atomic E-state index is 7.06. The predicted molar refractivity (Wildman–Crippen MR) is 355 cm³/mol. The lowest BCUT2D eigenvalue weighted by Crippen LogP contribution is -2.26. The molecule has 0 N–H and O–H groups in total. The molecule has 15 aromatic rings. The Kier molecular flexibility index (Phi) is 10.3. The zero-order valence-corrected chi connectivity index (χ0v) is 47.4. The van der Waals surface area contributed by atoms with Crippen LogP contribution in [0, 0.1) is 0 Å². The summed E-state index contributed by atoms with van der Waals surface area (Å²) in [4.78, 5) is 4.82. The third-order valence-corrected chi connectivity index (χ3v) is 19.0. The minimum absolute atomic E-state index is 0.367. The van der Waals surface area contributed by atoms with Gasteiger partial charge in [-0.1, -0.05) is 238 Å². The standard InChI is InChI=1S/C82H54N2O2/c1-81(2)70-45-46-71-78(65-29-11-16-34-69(65)82(71)67-32-14-9-25-59(67)60-26-10-15-33-68(60)82)77(70)66-44-43-56(50-72(66)81)84(74-36-20-31-64-62-28-13-18-38-76(62)86-80(64)74)58-48-54(52-23-7-4-8-24-52)47-57(49-58)83(55-41-39-53(40-42-55)51-21-5-3-6-22-51)73-35-19-30-63-61-27-12-17-37-75(61)85-79(63)73/h3-50H,1-2H3. The van der Waals surface area contributed by atoms with Crippen LogP contribution in [0.25, 0.3) is 99.5 Å². The van der Waals surface area contributed by atoms with Gasteiger partial charge in [-0.15, -0.1) is 0 Å². The average molecular weight is 1100 g/mol. The Morgan fingerprint density at radius 2 is 0.698 bits per heavy atom. The summed E-state index contributed by atoms with van der Waals surface area (Å²) in [7, 11) is 0. The predicted octanol–water partition coefficient (Wildman–Crippen LogP) is 22.4. The number of benzene rings is 13. The number of anilines is 6. The molecule has 404 valence electrons. The van der Waals surface area contributed by atoms with E-state index < -0.39 is 5.41 Å². The van der Waals surface area contributed by atoms with Crippen molar-refractivity contribution in [2.24, 2.45) is 0 Å². The fraction of sp³-hybridized carbons (Fsp3) is 0.0488. The second-order valence-corrected chi connectivity index (χ2v) is 23.8. The van der Waals surface area contributed by atoms with Crippen LogP contribution < -0.4 is 9.80 Å². The molecule has 2 aromatic heterocycles. The van der Waals surface area contributed by atoms with E-state index >= 15 is 0 Å². The van der Waals surface area contributed by atoms with Gasteiger partial charge in [-0.2, -0.15) is 0 Å². The summed E-state index contributed by atoms with van der Waals surface area (Å²) in [6.07, 6.45) is 0. The molecule has 0 bridgehead atoms. The molecule has 0 radical (unpaired) electrons. The molecule has 0 saturated carbocycles. The third kappa shape index (κ3) is 6.81. The zero-order chi connectivity index (χ0) is 56.8. The number of nitrogens with zero attached hydrogens (tertiary/aromatic N) is 2. The summed E-state index contributed by atoms with van der Waals surface area (Å²) in [6, 6.07) is 107. The van der Waals surface area contributed by atoms with E-state index in [-0.39, 0.29) is 5.41 Å². The van der Waals surface area contributed by atoms with E-state index in [1.807, 2.05) is 6.07 Å². The number of hydrogen-bond donors (Lipinski definition) is 0. The van der Waals surface area contributed by atoms with Gasteiger partial charge in [0, 0.05) is 49.7 Å². The molecule has 0 amide bonds. The highest BCUT2D eigenvalue weighted by Crippen LogP contribution is 2.66. The number of hydrogen-bond acceptors (Lipinski definition) is 4. The quantitative estimate of drug-likeness (QED) is 0.152. The van der Waals surface area contributed by atoms with Crippen molar-refractivity contribution in [2.75, 3.05) is 9.80 Å². The summed E-state index contributed by atoms with van der Waals surface area (Å²) in [5, 5.41) is 4.28. The van der Waals surface area contributed by atoms with Gasteiger partial charge in [0.05, 0.1) is 16.8 Å². The Hall–Kier alpha value is -10.9. The van der Waals surface area contributed by atoms with Gasteiger partial charge >= 0.3 is 0 Å². The molecule has 0 unspecified atom stereocenters. The molecule has 2 heterocycles. The van der Waals surface area contributed by atoms with Crippen LogP contribution in [-0.4, -0.2) is 0 Å². The van der Waals surface area contributed by atoms with Crippen LogP contribution in [0.5, 0.6) is 0 Å². The van der Waals surface area contributed by atoms with Crippen molar-refractivity contribution in [3.05, 3.63) is 325 Å². The second kappa shape index (κ2) is 18.3. The van der Waals surface area contributed by atoms with E-state index in [4.69, 9.17) is 8.83 Å². The van der Waals surface area contributed by atoms with E-state index in [0.717, 1.165) is 100 Å². The molecule has 18 rings (SSSR count). The first kappa shape index (κ1) is 48.6. The summed E-state index contributed by atoms with van der Waals surface area (Å²) in [5.41, 5.74) is 28.7. The van der Waals surface area contributed by atoms with E-state index in [1.165, 1.54) is 66.8 Å². The van der Waals surface area contributed by atoms with E-state index in [0.29, 0.717) is 0 Å². The van der Waals surface area contributed by atoms with Crippen LogP contribution in [0.3, 0.4) is 0 Å². The van der Waals surface area contributed by atoms with Crippen LogP contribution in [0.15, 0.2) is 300 Å². The highest BCUT2D eigenvalue weighted by molar-refractivity contribution is 6.13. The van der Waals surface area contributed by atoms with Crippen molar-refractivity contribution >= 4 is 78.0 Å². The van der Waals surface area contributed by atoms with Gasteiger partial charge in [0.1, 0.15) is 11.2 Å². The first-order valence-electron chi connectivity index (χ1n) is 29.8. The molecule has 0 saturated heterocycles. The molecule has 3 aliphatic rings. The minimum atomic E-state index is -0.446. The van der Waals surface area contributed by atoms with Gasteiger partial charge in [0.15, 0.2) is 11.2 Å². The highest BCUT2D eigenvalue weighted by Gasteiger charge is 2.53. The maximum Gasteiger partial charge on any atom is 0.159 e. The topological polar surface area (TPSA) is 32.8 Å². The molecular weight excluding hydrogens is 1040 g/mol. The average Bonchev–Trinajstić information content (AvgIpc) is 1.54. The molecule has 0 fully saturated rings. The highest BCUT2D eigenvalue weighted by atomic mass is 16.3. The Morgan fingerprint density at radius 1 is 0.267 bits per heavy atom. The fourth-order valence-corrected chi connectivity index (χ4v) is 15.3. The number of fused-ring (bicyclic) bond motifs is 20. The summed E-state index contributed by atoms with van der Waals surface area (Å²) < 4.78 is 14.0. The van der Waals surface area contributed by atoms with Crippen LogP contribution in [0.1, 0.15) is 47.2 Å². The lowest BCUT2D eigenvalue weighted by Gasteiger charge is -2.31. The molecule has 13 aromatic carbocycles. The zero-order valence-electron chi connectivity index (χ0n) is 47.4. The largest absolute Gasteiger partial charge is 0.454 e. The van der Waals surface area contributed by atoms with E-state index in [9.17, 15) is 0 Å². The van der Waals surface area contributed by atoms with Crippen molar-refractivity contribution in [1.82, 2.24) is 0 Å². The monoisotopic (exact) mass is 1100 g/mol. The Bertz CT molecular complexity index is 5230. The molecule has 4 heteroatoms. The van der Waals surface area contributed by atoms with Crippen molar-refractivity contribution in [3.63, 3.8) is 0 Å². The van der Waals surface area contributed by atoms with Crippen molar-refractivity contribution in [1.29, 1.82) is 0 Å². The van der Waals surface area contributed by atoms with E-state index in [1.54, 1.807) is 0 Å². The third-order valence-electron chi connectivity index (χ3n) is 19.0. The van der Waals surface area contributed by atoms with Gasteiger partial charge in [-0.25, -0.2) is 0 Å². The Balaban J connectivity index is 0.887. The number of para-hydroxylation sites is 4. The number of rotatable bonds is 8. The maximum absolute atomic E-state index is 7.06. The lowest BCUT2D eigenvalue weighted by atomic mass is 9.70. The van der Waals surface area contributed by atoms with Gasteiger partial charge in [0.25, 0.3) is 0 Å². The van der Waals surface area contributed by atoms with Crippen molar-refractivity contribution < 1.29 is 8.83 Å². The van der Waals surface area contributed by atoms with Gasteiger partial charge < -0.3 is 18.6 Å². The van der Waals surface area contributed by atoms with E-state index in [2.05, 4.69) is 309 Å². The Morgan fingerprint density at radius 3 is 1.29 bits per heavy atom. The summed E-state index contributed by atoms with van der Waals surface area (Å²) in [5.74, 6) is 0. The van der Waals surface area contributed by atoms with Crippen LogP contribution in [0.4, 0.5) is 34.1 Å². The summed E-state index contributed by atoms with van der Waals surface area (Å²) in [6.45, 7) is 4.84. The van der Waals surface area contributed by atoms with Crippen LogP contribution in [-0.2, 0) is 10.8 Å². The van der Waals surface area contributed by atoms with Gasteiger partial charge in [-0.05, 0) is 156 Å². The smallest absolute Gasteiger partial charge is 0.159 e. The fourth-order valence-electron chi connectivity index (χ4n) is 15.3. The van der Waals surface area contributed by atoms with Crippen LogP contribution in [0.2, 0.25) is 0 Å². The van der Waals surface area contributed by atoms with Gasteiger partial charge in [0.2, 0.25) is 0 Å². The molecule has 1 spiro atoms. The normalized spacial score (nSPS) is 13.7. The molecule has 86 heavy (non-hydrogen) atoms. The molecular formula is C82H54N2O2. The van der Waals surface area contributed by atoms with Crippen molar-refractivity contribution in [3.8, 4) is 55.6 Å². The summed E-state index contributed by atoms with van der Waals surface area (Å²) >= 11 is 0. The number of furan rings is 2. The molecule has 4 nitrogen and oxygen atoms in total. The SMILES string of the molecule is CC1(C)c2cc(N(c3cc(-c4ccccc4)cc(N(c4ccc(-c5ccccc5)cc4)c4cccc5c4oc4ccccc45)c3)c3cccc4c3oc3ccccc34)ccc2-c2c1ccc1c2-c2ccccc2C12c1ccccc1-c1ccccc12. The van der Waals surface area contributed by atoms with Crippen molar-refractivity contribution in [2.45, 2.75) is 24.7 Å². The first-order chi connectivity index (χ1) is 42.4.